The highest BCUT2D eigenvalue weighted by atomic mass is 35.5. The zero-order valence-electron chi connectivity index (χ0n) is 13.0. The topological polar surface area (TPSA) is 70.7 Å². The van der Waals surface area contributed by atoms with Gasteiger partial charge in [-0.3, -0.25) is 9.89 Å². The minimum Gasteiger partial charge on any atom is -0.355 e. The third-order valence-electron chi connectivity index (χ3n) is 4.12. The van der Waals surface area contributed by atoms with Crippen molar-refractivity contribution in [3.8, 4) is 11.4 Å². The lowest BCUT2D eigenvalue weighted by atomic mass is 9.89. The van der Waals surface area contributed by atoms with E-state index >= 15 is 0 Å². The first-order valence-electron chi connectivity index (χ1n) is 7.70. The fourth-order valence-corrected chi connectivity index (χ4v) is 2.76. The molecule has 0 aliphatic heterocycles. The first kappa shape index (κ1) is 15.7. The lowest BCUT2D eigenvalue weighted by Crippen LogP contribution is -2.37. The summed E-state index contributed by atoms with van der Waals surface area (Å²) < 4.78 is 0. The molecule has 1 aliphatic carbocycles. The molecule has 1 aromatic heterocycles. The van der Waals surface area contributed by atoms with Crippen molar-refractivity contribution < 1.29 is 4.79 Å². The van der Waals surface area contributed by atoms with E-state index in [4.69, 9.17) is 11.6 Å². The van der Waals surface area contributed by atoms with Crippen LogP contribution >= 0.6 is 11.6 Å². The Morgan fingerprint density at radius 3 is 2.87 bits per heavy atom. The van der Waals surface area contributed by atoms with Gasteiger partial charge in [0.05, 0.1) is 5.41 Å². The van der Waals surface area contributed by atoms with Crippen molar-refractivity contribution in [3.05, 3.63) is 47.3 Å². The van der Waals surface area contributed by atoms with Crippen LogP contribution in [0, 0.1) is 5.41 Å². The van der Waals surface area contributed by atoms with Gasteiger partial charge in [0.2, 0.25) is 5.91 Å². The Morgan fingerprint density at radius 1 is 1.39 bits per heavy atom. The fourth-order valence-electron chi connectivity index (χ4n) is 2.63. The molecule has 5 nitrogen and oxygen atoms in total. The molecular formula is C17H19ClN4O. The molecule has 1 unspecified atom stereocenters. The molecule has 2 aromatic rings. The van der Waals surface area contributed by atoms with Gasteiger partial charge >= 0.3 is 0 Å². The SMILES string of the molecule is CC1(C(=O)NCCc2nc(-c3ccc(Cl)cc3)n[nH]2)C=CCC1. The van der Waals surface area contributed by atoms with Gasteiger partial charge in [-0.05, 0) is 44.0 Å². The molecule has 0 fully saturated rings. The summed E-state index contributed by atoms with van der Waals surface area (Å²) in [6, 6.07) is 7.38. The highest BCUT2D eigenvalue weighted by Gasteiger charge is 2.31. The summed E-state index contributed by atoms with van der Waals surface area (Å²) >= 11 is 5.87. The Balaban J connectivity index is 1.54. The number of hydrogen-bond donors (Lipinski definition) is 2. The first-order valence-corrected chi connectivity index (χ1v) is 8.08. The molecule has 1 amide bonds. The molecule has 0 radical (unpaired) electrons. The number of H-pyrrole nitrogens is 1. The molecule has 3 rings (SSSR count). The van der Waals surface area contributed by atoms with Crippen LogP contribution < -0.4 is 5.32 Å². The van der Waals surface area contributed by atoms with Gasteiger partial charge in [0.1, 0.15) is 5.82 Å². The minimum absolute atomic E-state index is 0.0729. The van der Waals surface area contributed by atoms with Crippen molar-refractivity contribution in [3.63, 3.8) is 0 Å². The Hall–Kier alpha value is -2.14. The van der Waals surface area contributed by atoms with E-state index in [0.29, 0.717) is 23.8 Å². The van der Waals surface area contributed by atoms with E-state index < -0.39 is 0 Å². The molecule has 0 bridgehead atoms. The van der Waals surface area contributed by atoms with E-state index in [1.807, 2.05) is 37.3 Å². The molecule has 120 valence electrons. The number of allylic oxidation sites excluding steroid dienone is 1. The molecular weight excluding hydrogens is 312 g/mol. The van der Waals surface area contributed by atoms with Crippen LogP contribution in [0.1, 0.15) is 25.6 Å². The van der Waals surface area contributed by atoms with Gasteiger partial charge in [0.25, 0.3) is 0 Å². The number of amides is 1. The van der Waals surface area contributed by atoms with Crippen LogP contribution in [0.4, 0.5) is 0 Å². The smallest absolute Gasteiger partial charge is 0.229 e. The monoisotopic (exact) mass is 330 g/mol. The average Bonchev–Trinajstić information content (AvgIpc) is 3.18. The van der Waals surface area contributed by atoms with Gasteiger partial charge < -0.3 is 5.32 Å². The number of aromatic nitrogens is 3. The Morgan fingerprint density at radius 2 is 2.17 bits per heavy atom. The number of halogens is 1. The van der Waals surface area contributed by atoms with E-state index in [9.17, 15) is 4.79 Å². The van der Waals surface area contributed by atoms with Crippen LogP contribution in [0.5, 0.6) is 0 Å². The summed E-state index contributed by atoms with van der Waals surface area (Å²) in [6.07, 6.45) is 6.52. The number of carbonyl (C=O) groups excluding carboxylic acids is 1. The van der Waals surface area contributed by atoms with Gasteiger partial charge in [-0.2, -0.15) is 5.10 Å². The van der Waals surface area contributed by atoms with Gasteiger partial charge in [-0.15, -0.1) is 0 Å². The van der Waals surface area contributed by atoms with E-state index in [1.165, 1.54) is 0 Å². The number of nitrogens with zero attached hydrogens (tertiary/aromatic N) is 2. The summed E-state index contributed by atoms with van der Waals surface area (Å²) in [5.74, 6) is 1.46. The third-order valence-corrected chi connectivity index (χ3v) is 4.37. The van der Waals surface area contributed by atoms with Crippen LogP contribution in [0.3, 0.4) is 0 Å². The fraction of sp³-hybridized carbons (Fsp3) is 0.353. The van der Waals surface area contributed by atoms with Crippen LogP contribution in [0.25, 0.3) is 11.4 Å². The summed E-state index contributed by atoms with van der Waals surface area (Å²) in [6.45, 7) is 2.51. The lowest BCUT2D eigenvalue weighted by molar-refractivity contribution is -0.127. The maximum Gasteiger partial charge on any atom is 0.229 e. The summed E-state index contributed by atoms with van der Waals surface area (Å²) in [7, 11) is 0. The van der Waals surface area contributed by atoms with Crippen molar-refractivity contribution in [2.75, 3.05) is 6.54 Å². The summed E-state index contributed by atoms with van der Waals surface area (Å²) in [4.78, 5) is 16.6. The minimum atomic E-state index is -0.365. The third kappa shape index (κ3) is 3.62. The largest absolute Gasteiger partial charge is 0.355 e. The van der Waals surface area contributed by atoms with Crippen LogP contribution in [0.15, 0.2) is 36.4 Å². The lowest BCUT2D eigenvalue weighted by Gasteiger charge is -2.20. The number of nitrogens with one attached hydrogen (secondary N) is 2. The highest BCUT2D eigenvalue weighted by Crippen LogP contribution is 2.31. The van der Waals surface area contributed by atoms with Crippen molar-refractivity contribution >= 4 is 17.5 Å². The van der Waals surface area contributed by atoms with Gasteiger partial charge in [0.15, 0.2) is 5.82 Å². The molecule has 6 heteroatoms. The number of hydrogen-bond acceptors (Lipinski definition) is 3. The maximum absolute atomic E-state index is 12.2. The molecule has 0 spiro atoms. The molecule has 1 aromatic carbocycles. The van der Waals surface area contributed by atoms with E-state index in [1.54, 1.807) is 0 Å². The Bertz CT molecular complexity index is 722. The van der Waals surface area contributed by atoms with Crippen LogP contribution in [0.2, 0.25) is 5.02 Å². The predicted molar refractivity (Wildman–Crippen MR) is 90.0 cm³/mol. The molecule has 2 N–H and O–H groups in total. The summed E-state index contributed by atoms with van der Waals surface area (Å²) in [5, 5.41) is 10.8. The second kappa shape index (κ2) is 6.54. The first-order chi connectivity index (χ1) is 11.1. The van der Waals surface area contributed by atoms with Crippen molar-refractivity contribution in [1.82, 2.24) is 20.5 Å². The number of carbonyl (C=O) groups is 1. The molecule has 23 heavy (non-hydrogen) atoms. The number of aromatic amines is 1. The zero-order chi connectivity index (χ0) is 16.3. The molecule has 1 aliphatic rings. The number of rotatable bonds is 5. The summed E-state index contributed by atoms with van der Waals surface area (Å²) in [5.41, 5.74) is 0.542. The second-order valence-electron chi connectivity index (χ2n) is 5.98. The standard InChI is InChI=1S/C17H19ClN4O/c1-17(9-2-3-10-17)16(23)19-11-8-14-20-15(22-21-14)12-4-6-13(18)7-5-12/h2,4-7,9H,3,8,10-11H2,1H3,(H,19,23)(H,20,21,22). The van der Waals surface area contributed by atoms with E-state index in [2.05, 4.69) is 26.6 Å². The maximum atomic E-state index is 12.2. The van der Waals surface area contributed by atoms with Crippen molar-refractivity contribution in [2.24, 2.45) is 5.41 Å². The molecule has 1 atom stereocenters. The molecule has 0 saturated heterocycles. The highest BCUT2D eigenvalue weighted by molar-refractivity contribution is 6.30. The average molecular weight is 331 g/mol. The zero-order valence-corrected chi connectivity index (χ0v) is 13.7. The van der Waals surface area contributed by atoms with Gasteiger partial charge in [-0.1, -0.05) is 23.8 Å². The predicted octanol–water partition coefficient (Wildman–Crippen LogP) is 3.14. The van der Waals surface area contributed by atoms with Gasteiger partial charge in [0, 0.05) is 23.6 Å². The van der Waals surface area contributed by atoms with E-state index in [0.717, 1.165) is 24.2 Å². The quantitative estimate of drug-likeness (QED) is 0.827. The molecule has 0 saturated carbocycles. The second-order valence-corrected chi connectivity index (χ2v) is 6.41. The van der Waals surface area contributed by atoms with Crippen molar-refractivity contribution in [1.29, 1.82) is 0 Å². The normalized spacial score (nSPS) is 19.9. The number of benzene rings is 1. The van der Waals surface area contributed by atoms with Gasteiger partial charge in [-0.25, -0.2) is 4.98 Å². The Labute approximate surface area is 140 Å². The van der Waals surface area contributed by atoms with Crippen molar-refractivity contribution in [2.45, 2.75) is 26.2 Å². The molecule has 1 heterocycles. The Kier molecular flexibility index (Phi) is 4.48. The van der Waals surface area contributed by atoms with Crippen LogP contribution in [-0.2, 0) is 11.2 Å². The van der Waals surface area contributed by atoms with E-state index in [-0.39, 0.29) is 11.3 Å². The van der Waals surface area contributed by atoms with Crippen LogP contribution in [-0.4, -0.2) is 27.6 Å².